The molecule has 4 rings (SSSR count). The molecule has 0 saturated carbocycles. The summed E-state index contributed by atoms with van der Waals surface area (Å²) in [7, 11) is 0. The van der Waals surface area contributed by atoms with Gasteiger partial charge >= 0.3 is 6.09 Å². The van der Waals surface area contributed by atoms with Gasteiger partial charge in [-0.05, 0) is 31.5 Å². The van der Waals surface area contributed by atoms with Crippen molar-refractivity contribution in [2.24, 2.45) is 0 Å². The molecule has 2 amide bonds. The van der Waals surface area contributed by atoms with Crippen LogP contribution >= 0.6 is 11.8 Å². The maximum absolute atomic E-state index is 12.6. The van der Waals surface area contributed by atoms with E-state index in [9.17, 15) is 9.59 Å². The number of aromatic nitrogens is 3. The summed E-state index contributed by atoms with van der Waals surface area (Å²) in [6.45, 7) is 5.56. The van der Waals surface area contributed by atoms with Crippen molar-refractivity contribution in [2.75, 3.05) is 29.1 Å². The highest BCUT2D eigenvalue weighted by molar-refractivity contribution is 7.99. The van der Waals surface area contributed by atoms with Crippen molar-refractivity contribution in [1.82, 2.24) is 14.8 Å². The molecule has 0 atom stereocenters. The Morgan fingerprint density at radius 2 is 1.94 bits per heavy atom. The minimum atomic E-state index is -0.407. The molecule has 3 aromatic rings. The summed E-state index contributed by atoms with van der Waals surface area (Å²) in [4.78, 5) is 26.1. The van der Waals surface area contributed by atoms with Crippen LogP contribution in [-0.4, -0.2) is 45.7 Å². The second kappa shape index (κ2) is 9.22. The van der Waals surface area contributed by atoms with Gasteiger partial charge in [-0.2, -0.15) is 0 Å². The molecule has 1 aliphatic rings. The fraction of sp³-hybridized carbons (Fsp3) is 0.273. The number of ether oxygens (including phenoxy) is 1. The lowest BCUT2D eigenvalue weighted by Crippen LogP contribution is -2.25. The van der Waals surface area contributed by atoms with Crippen molar-refractivity contribution >= 4 is 35.1 Å². The summed E-state index contributed by atoms with van der Waals surface area (Å²) in [5.74, 6) is 0.777. The lowest BCUT2D eigenvalue weighted by molar-refractivity contribution is -0.113. The van der Waals surface area contributed by atoms with Gasteiger partial charge in [-0.25, -0.2) is 4.79 Å². The van der Waals surface area contributed by atoms with Crippen LogP contribution in [0.15, 0.2) is 53.7 Å². The number of rotatable bonds is 7. The molecule has 1 aromatic heterocycles. The first-order valence-electron chi connectivity index (χ1n) is 10.0. The van der Waals surface area contributed by atoms with Gasteiger partial charge in [-0.3, -0.25) is 9.69 Å². The largest absolute Gasteiger partial charge is 0.447 e. The molecule has 1 saturated heterocycles. The van der Waals surface area contributed by atoms with Crippen molar-refractivity contribution < 1.29 is 14.3 Å². The Morgan fingerprint density at radius 1 is 1.16 bits per heavy atom. The predicted molar refractivity (Wildman–Crippen MR) is 120 cm³/mol. The van der Waals surface area contributed by atoms with Crippen LogP contribution in [0.5, 0.6) is 0 Å². The number of amides is 2. The number of cyclic esters (lactones) is 1. The first-order chi connectivity index (χ1) is 15.1. The van der Waals surface area contributed by atoms with Gasteiger partial charge in [0.25, 0.3) is 0 Å². The monoisotopic (exact) mass is 437 g/mol. The van der Waals surface area contributed by atoms with Crippen LogP contribution in [0, 0.1) is 6.92 Å². The van der Waals surface area contributed by atoms with Gasteiger partial charge in [-0.1, -0.05) is 48.2 Å². The Kier molecular flexibility index (Phi) is 6.22. The normalized spacial score (nSPS) is 13.4. The number of thioether (sulfide) groups is 1. The van der Waals surface area contributed by atoms with Crippen LogP contribution in [0.2, 0.25) is 0 Å². The van der Waals surface area contributed by atoms with Crippen molar-refractivity contribution in [3.63, 3.8) is 0 Å². The van der Waals surface area contributed by atoms with Crippen LogP contribution in [-0.2, 0) is 16.1 Å². The highest BCUT2D eigenvalue weighted by atomic mass is 32.2. The highest BCUT2D eigenvalue weighted by Gasteiger charge is 2.26. The molecule has 1 fully saturated rings. The number of benzene rings is 2. The van der Waals surface area contributed by atoms with E-state index in [4.69, 9.17) is 4.74 Å². The van der Waals surface area contributed by atoms with Crippen molar-refractivity contribution in [3.05, 3.63) is 54.1 Å². The number of carbonyl (C=O) groups is 2. The average Bonchev–Trinajstić information content (AvgIpc) is 3.38. The molecule has 0 spiro atoms. The van der Waals surface area contributed by atoms with Crippen LogP contribution in [0.25, 0.3) is 11.4 Å². The van der Waals surface area contributed by atoms with Crippen LogP contribution in [0.4, 0.5) is 16.2 Å². The molecule has 31 heavy (non-hydrogen) atoms. The van der Waals surface area contributed by atoms with Crippen molar-refractivity contribution in [3.8, 4) is 11.4 Å². The average molecular weight is 438 g/mol. The lowest BCUT2D eigenvalue weighted by atomic mass is 10.1. The van der Waals surface area contributed by atoms with E-state index in [1.807, 2.05) is 54.8 Å². The third-order valence-corrected chi connectivity index (χ3v) is 5.95. The number of carbonyl (C=O) groups excluding carboxylic acids is 2. The Morgan fingerprint density at radius 3 is 2.68 bits per heavy atom. The van der Waals surface area contributed by atoms with Gasteiger partial charge < -0.3 is 14.6 Å². The van der Waals surface area contributed by atoms with E-state index in [1.165, 1.54) is 16.7 Å². The summed E-state index contributed by atoms with van der Waals surface area (Å²) >= 11 is 1.33. The molecule has 2 aromatic carbocycles. The summed E-state index contributed by atoms with van der Waals surface area (Å²) in [5.41, 5.74) is 3.35. The zero-order valence-corrected chi connectivity index (χ0v) is 18.2. The third-order valence-electron chi connectivity index (χ3n) is 4.98. The van der Waals surface area contributed by atoms with E-state index in [-0.39, 0.29) is 11.7 Å². The summed E-state index contributed by atoms with van der Waals surface area (Å²) < 4.78 is 7.02. The number of nitrogens with one attached hydrogen (secondary N) is 1. The molecule has 1 N–H and O–H groups in total. The van der Waals surface area contributed by atoms with Crippen LogP contribution in [0.1, 0.15) is 12.5 Å². The molecular formula is C22H23N5O3S. The van der Waals surface area contributed by atoms with Crippen LogP contribution in [0.3, 0.4) is 0 Å². The second-order valence-electron chi connectivity index (χ2n) is 6.99. The molecule has 0 aliphatic carbocycles. The molecular weight excluding hydrogens is 414 g/mol. The van der Waals surface area contributed by atoms with Crippen molar-refractivity contribution in [2.45, 2.75) is 25.5 Å². The fourth-order valence-corrected chi connectivity index (χ4v) is 4.25. The SMILES string of the molecule is CCn1c(SCC(=O)Nc2ccccc2N2CCOC2=O)nnc1-c1ccccc1C. The van der Waals surface area contributed by atoms with Gasteiger partial charge in [0.2, 0.25) is 5.91 Å². The van der Waals surface area contributed by atoms with Gasteiger partial charge in [0.15, 0.2) is 11.0 Å². The Bertz CT molecular complexity index is 1110. The van der Waals surface area contributed by atoms with Gasteiger partial charge in [-0.15, -0.1) is 10.2 Å². The van der Waals surface area contributed by atoms with Crippen LogP contribution < -0.4 is 10.2 Å². The second-order valence-corrected chi connectivity index (χ2v) is 7.93. The van der Waals surface area contributed by atoms with E-state index in [1.54, 1.807) is 12.1 Å². The van der Waals surface area contributed by atoms with E-state index in [0.717, 1.165) is 17.0 Å². The topological polar surface area (TPSA) is 89.4 Å². The van der Waals surface area contributed by atoms with Gasteiger partial charge in [0.1, 0.15) is 6.61 Å². The van der Waals surface area contributed by atoms with E-state index in [2.05, 4.69) is 15.5 Å². The molecule has 9 heteroatoms. The first-order valence-corrected chi connectivity index (χ1v) is 11.0. The highest BCUT2D eigenvalue weighted by Crippen LogP contribution is 2.29. The zero-order valence-electron chi connectivity index (χ0n) is 17.4. The summed E-state index contributed by atoms with van der Waals surface area (Å²) in [5, 5.41) is 12.2. The molecule has 2 heterocycles. The number of hydrogen-bond donors (Lipinski definition) is 1. The molecule has 0 unspecified atom stereocenters. The smallest absolute Gasteiger partial charge is 0.414 e. The lowest BCUT2D eigenvalue weighted by Gasteiger charge is -2.17. The number of para-hydroxylation sites is 2. The fourth-order valence-electron chi connectivity index (χ4n) is 3.45. The Hall–Kier alpha value is -3.33. The first kappa shape index (κ1) is 20.9. The molecule has 1 aliphatic heterocycles. The number of nitrogens with zero attached hydrogens (tertiary/aromatic N) is 4. The number of hydrogen-bond acceptors (Lipinski definition) is 6. The Labute approximate surface area is 184 Å². The minimum Gasteiger partial charge on any atom is -0.447 e. The van der Waals surface area contributed by atoms with E-state index in [0.29, 0.717) is 36.2 Å². The van der Waals surface area contributed by atoms with E-state index < -0.39 is 6.09 Å². The molecule has 0 bridgehead atoms. The minimum absolute atomic E-state index is 0.171. The van der Waals surface area contributed by atoms with Gasteiger partial charge in [0, 0.05) is 12.1 Å². The van der Waals surface area contributed by atoms with Gasteiger partial charge in [0.05, 0.1) is 23.7 Å². The third kappa shape index (κ3) is 4.41. The quantitative estimate of drug-likeness (QED) is 0.563. The standard InChI is InChI=1S/C22H23N5O3S/c1-3-26-20(16-9-5-4-8-15(16)2)24-25-21(26)31-14-19(28)23-17-10-6-7-11-18(17)27-12-13-30-22(27)29/h4-11H,3,12-14H2,1-2H3,(H,23,28). The Balaban J connectivity index is 1.46. The number of aryl methyl sites for hydroxylation is 1. The summed E-state index contributed by atoms with van der Waals surface area (Å²) in [6.07, 6.45) is -0.407. The molecule has 8 nitrogen and oxygen atoms in total. The van der Waals surface area contributed by atoms with Crippen molar-refractivity contribution in [1.29, 1.82) is 0 Å². The molecule has 0 radical (unpaired) electrons. The predicted octanol–water partition coefficient (Wildman–Crippen LogP) is 3.96. The van der Waals surface area contributed by atoms with E-state index >= 15 is 0 Å². The molecule has 160 valence electrons. The zero-order chi connectivity index (χ0) is 21.8. The maximum atomic E-state index is 12.6. The summed E-state index contributed by atoms with van der Waals surface area (Å²) in [6, 6.07) is 15.2. The maximum Gasteiger partial charge on any atom is 0.414 e. The number of anilines is 2.